The van der Waals surface area contributed by atoms with Crippen molar-refractivity contribution in [2.75, 3.05) is 0 Å². The minimum atomic E-state index is -0.453. The summed E-state index contributed by atoms with van der Waals surface area (Å²) in [5.74, 6) is 1.04. The fourth-order valence-corrected chi connectivity index (χ4v) is 5.06. The summed E-state index contributed by atoms with van der Waals surface area (Å²) in [6.45, 7) is 5.71. The highest BCUT2D eigenvalue weighted by Crippen LogP contribution is 2.66. The zero-order valence-corrected chi connectivity index (χ0v) is 11.5. The molecule has 0 aliphatic heterocycles. The number of rotatable bonds is 1. The van der Waals surface area contributed by atoms with E-state index in [9.17, 15) is 9.59 Å². The smallest absolute Gasteiger partial charge is 0.303 e. The number of carbonyl (C=O) groups is 2. The van der Waals surface area contributed by atoms with Crippen LogP contribution in [-0.2, 0) is 14.3 Å². The second-order valence-electron chi connectivity index (χ2n) is 7.21. The second kappa shape index (κ2) is 3.58. The number of ether oxygens (including phenoxy) is 1. The Morgan fingerprint density at radius 1 is 1.33 bits per heavy atom. The van der Waals surface area contributed by atoms with Gasteiger partial charge in [-0.15, -0.1) is 0 Å². The van der Waals surface area contributed by atoms with Crippen molar-refractivity contribution in [2.45, 2.75) is 58.5 Å². The molecule has 0 amide bonds. The molecule has 3 aliphatic rings. The fourth-order valence-electron chi connectivity index (χ4n) is 5.06. The maximum absolute atomic E-state index is 12.4. The molecule has 3 saturated carbocycles. The van der Waals surface area contributed by atoms with Crippen LogP contribution in [0.25, 0.3) is 0 Å². The zero-order valence-electron chi connectivity index (χ0n) is 11.5. The summed E-state index contributed by atoms with van der Waals surface area (Å²) in [5.41, 5.74) is -0.484. The van der Waals surface area contributed by atoms with Gasteiger partial charge in [-0.2, -0.15) is 0 Å². The standard InChI is InChI=1S/C15H22O3/c1-9(16)18-15-8-14(2,3)7-12(17)13(15)10-5-4-6-11(10)15/h10-11,13H,4-8H2,1-3H3. The molecule has 0 radical (unpaired) electrons. The highest BCUT2D eigenvalue weighted by atomic mass is 16.6. The van der Waals surface area contributed by atoms with Crippen LogP contribution in [0.15, 0.2) is 0 Å². The van der Waals surface area contributed by atoms with Gasteiger partial charge in [0.1, 0.15) is 11.4 Å². The Kier molecular flexibility index (Phi) is 2.43. The van der Waals surface area contributed by atoms with Gasteiger partial charge >= 0.3 is 5.97 Å². The molecule has 4 atom stereocenters. The topological polar surface area (TPSA) is 43.4 Å². The molecule has 3 rings (SSSR count). The van der Waals surface area contributed by atoms with E-state index < -0.39 is 5.60 Å². The highest BCUT2D eigenvalue weighted by molar-refractivity contribution is 5.86. The minimum Gasteiger partial charge on any atom is -0.458 e. The van der Waals surface area contributed by atoms with E-state index >= 15 is 0 Å². The third-order valence-corrected chi connectivity index (χ3v) is 5.24. The van der Waals surface area contributed by atoms with Crippen LogP contribution >= 0.6 is 0 Å². The maximum Gasteiger partial charge on any atom is 0.303 e. The molecule has 0 aromatic rings. The molecule has 3 fully saturated rings. The molecule has 0 aromatic carbocycles. The van der Waals surface area contributed by atoms with Crippen molar-refractivity contribution in [2.24, 2.45) is 23.2 Å². The van der Waals surface area contributed by atoms with E-state index in [1.165, 1.54) is 13.3 Å². The van der Waals surface area contributed by atoms with Crippen molar-refractivity contribution in [1.82, 2.24) is 0 Å². The van der Waals surface area contributed by atoms with Gasteiger partial charge in [0.05, 0.1) is 5.92 Å². The summed E-state index contributed by atoms with van der Waals surface area (Å²) >= 11 is 0. The van der Waals surface area contributed by atoms with Crippen LogP contribution in [0.4, 0.5) is 0 Å². The van der Waals surface area contributed by atoms with E-state index in [-0.39, 0.29) is 17.3 Å². The van der Waals surface area contributed by atoms with Crippen LogP contribution in [0.5, 0.6) is 0 Å². The van der Waals surface area contributed by atoms with E-state index in [0.717, 1.165) is 19.3 Å². The number of hydrogen-bond donors (Lipinski definition) is 0. The Morgan fingerprint density at radius 3 is 2.72 bits per heavy atom. The number of Topliss-reactive ketones (excluding diaryl/α,β-unsaturated/α-hetero) is 1. The average molecular weight is 250 g/mol. The summed E-state index contributed by atoms with van der Waals surface area (Å²) in [7, 11) is 0. The molecular formula is C15H22O3. The van der Waals surface area contributed by atoms with E-state index in [1.54, 1.807) is 0 Å². The van der Waals surface area contributed by atoms with E-state index in [4.69, 9.17) is 4.74 Å². The molecule has 3 heteroatoms. The lowest BCUT2D eigenvalue weighted by atomic mass is 9.45. The van der Waals surface area contributed by atoms with E-state index in [1.807, 2.05) is 0 Å². The summed E-state index contributed by atoms with van der Waals surface area (Å²) in [5, 5.41) is 0. The summed E-state index contributed by atoms with van der Waals surface area (Å²) in [6, 6.07) is 0. The Labute approximate surface area is 108 Å². The van der Waals surface area contributed by atoms with Crippen LogP contribution in [0.2, 0.25) is 0 Å². The predicted octanol–water partition coefficient (Wildman–Crippen LogP) is 2.72. The van der Waals surface area contributed by atoms with Gasteiger partial charge in [0.15, 0.2) is 0 Å². The largest absolute Gasteiger partial charge is 0.458 e. The third-order valence-electron chi connectivity index (χ3n) is 5.24. The SMILES string of the molecule is CC(=O)OC12CC(C)(C)CC(=O)C1C1CCCC12. The first-order valence-electron chi connectivity index (χ1n) is 7.08. The molecular weight excluding hydrogens is 228 g/mol. The van der Waals surface area contributed by atoms with Crippen LogP contribution in [0.1, 0.15) is 52.9 Å². The molecule has 3 aliphatic carbocycles. The lowest BCUT2D eigenvalue weighted by Crippen LogP contribution is -2.69. The van der Waals surface area contributed by atoms with Gasteiger partial charge in [0.25, 0.3) is 0 Å². The Balaban J connectivity index is 1.97. The molecule has 0 aromatic heterocycles. The van der Waals surface area contributed by atoms with Crippen molar-refractivity contribution in [1.29, 1.82) is 0 Å². The molecule has 4 unspecified atom stereocenters. The monoisotopic (exact) mass is 250 g/mol. The van der Waals surface area contributed by atoms with Crippen LogP contribution < -0.4 is 0 Å². The normalized spacial score (nSPS) is 44.8. The van der Waals surface area contributed by atoms with Crippen molar-refractivity contribution in [3.63, 3.8) is 0 Å². The Bertz CT molecular complexity index is 412. The molecule has 18 heavy (non-hydrogen) atoms. The number of ketones is 1. The fraction of sp³-hybridized carbons (Fsp3) is 0.867. The summed E-state index contributed by atoms with van der Waals surface area (Å²) < 4.78 is 5.74. The third kappa shape index (κ3) is 1.49. The number of hydrogen-bond acceptors (Lipinski definition) is 3. The quantitative estimate of drug-likeness (QED) is 0.672. The Morgan fingerprint density at radius 2 is 2.06 bits per heavy atom. The van der Waals surface area contributed by atoms with Crippen molar-refractivity contribution in [3.8, 4) is 0 Å². The first kappa shape index (κ1) is 12.2. The zero-order chi connectivity index (χ0) is 13.1. The lowest BCUT2D eigenvalue weighted by Gasteiger charge is -2.62. The van der Waals surface area contributed by atoms with Gasteiger partial charge in [-0.25, -0.2) is 0 Å². The van der Waals surface area contributed by atoms with E-state index in [0.29, 0.717) is 24.0 Å². The van der Waals surface area contributed by atoms with Crippen LogP contribution in [-0.4, -0.2) is 17.4 Å². The first-order valence-corrected chi connectivity index (χ1v) is 7.08. The first-order chi connectivity index (χ1) is 8.36. The van der Waals surface area contributed by atoms with Crippen LogP contribution in [0, 0.1) is 23.2 Å². The second-order valence-corrected chi connectivity index (χ2v) is 7.21. The summed E-state index contributed by atoms with van der Waals surface area (Å²) in [4.78, 5) is 23.9. The Hall–Kier alpha value is -0.860. The van der Waals surface area contributed by atoms with Gasteiger partial charge in [-0.05, 0) is 30.6 Å². The van der Waals surface area contributed by atoms with E-state index in [2.05, 4.69) is 13.8 Å². The lowest BCUT2D eigenvalue weighted by molar-refractivity contribution is -0.236. The molecule has 3 nitrogen and oxygen atoms in total. The van der Waals surface area contributed by atoms with Gasteiger partial charge in [0.2, 0.25) is 0 Å². The number of fused-ring (bicyclic) bond motifs is 4. The van der Waals surface area contributed by atoms with Crippen molar-refractivity contribution < 1.29 is 14.3 Å². The van der Waals surface area contributed by atoms with Crippen molar-refractivity contribution in [3.05, 3.63) is 0 Å². The molecule has 100 valence electrons. The van der Waals surface area contributed by atoms with Gasteiger partial charge in [0, 0.05) is 19.3 Å². The summed E-state index contributed by atoms with van der Waals surface area (Å²) in [6.07, 6.45) is 4.95. The van der Waals surface area contributed by atoms with Crippen molar-refractivity contribution >= 4 is 11.8 Å². The van der Waals surface area contributed by atoms with Gasteiger partial charge < -0.3 is 4.74 Å². The molecule has 0 bridgehead atoms. The molecule has 0 saturated heterocycles. The highest BCUT2D eigenvalue weighted by Gasteiger charge is 2.70. The molecule has 0 N–H and O–H groups in total. The van der Waals surface area contributed by atoms with Crippen LogP contribution in [0.3, 0.4) is 0 Å². The number of carbonyl (C=O) groups excluding carboxylic acids is 2. The molecule has 0 spiro atoms. The average Bonchev–Trinajstić information content (AvgIpc) is 2.57. The predicted molar refractivity (Wildman–Crippen MR) is 66.8 cm³/mol. The van der Waals surface area contributed by atoms with Gasteiger partial charge in [-0.3, -0.25) is 9.59 Å². The number of esters is 1. The molecule has 0 heterocycles. The maximum atomic E-state index is 12.4. The minimum absolute atomic E-state index is 0.00178. The van der Waals surface area contributed by atoms with Gasteiger partial charge in [-0.1, -0.05) is 20.3 Å².